The summed E-state index contributed by atoms with van der Waals surface area (Å²) in [4.78, 5) is 7.88. The maximum absolute atomic E-state index is 5.83. The quantitative estimate of drug-likeness (QED) is 0.883. The summed E-state index contributed by atoms with van der Waals surface area (Å²) in [5.41, 5.74) is 0.844. The van der Waals surface area contributed by atoms with Gasteiger partial charge in [0.15, 0.2) is 5.76 Å². The van der Waals surface area contributed by atoms with E-state index in [1.54, 1.807) is 0 Å². The average molecular weight is 304 g/mol. The van der Waals surface area contributed by atoms with E-state index in [0.29, 0.717) is 22.0 Å². The van der Waals surface area contributed by atoms with E-state index in [0.717, 1.165) is 11.5 Å². The Morgan fingerprint density at radius 1 is 1.50 bits per heavy atom. The summed E-state index contributed by atoms with van der Waals surface area (Å²) >= 11 is 9.12. The van der Waals surface area contributed by atoms with Crippen molar-refractivity contribution < 1.29 is 4.52 Å². The molecule has 0 unspecified atom stereocenters. The van der Waals surface area contributed by atoms with Crippen molar-refractivity contribution in [3.63, 3.8) is 0 Å². The lowest BCUT2D eigenvalue weighted by molar-refractivity contribution is 0.384. The summed E-state index contributed by atoms with van der Waals surface area (Å²) in [6.45, 7) is 2.36. The molecule has 2 rings (SSSR count). The summed E-state index contributed by atoms with van der Waals surface area (Å²) in [7, 11) is 0. The zero-order valence-corrected chi connectivity index (χ0v) is 10.7. The molecule has 0 aliphatic rings. The molecule has 0 spiro atoms. The molecule has 0 radical (unpaired) electrons. The zero-order valence-electron chi connectivity index (χ0n) is 8.37. The van der Waals surface area contributed by atoms with E-state index in [4.69, 9.17) is 16.1 Å². The molecule has 0 aromatic carbocycles. The highest BCUT2D eigenvalue weighted by Crippen LogP contribution is 2.26. The van der Waals surface area contributed by atoms with Crippen LogP contribution < -0.4 is 5.32 Å². The molecule has 0 aliphatic carbocycles. The first-order chi connectivity index (χ1) is 7.66. The SMILES string of the molecule is Cc1cc(CNc2ncnc(Cl)c2Br)on1. The molecule has 1 N–H and O–H groups in total. The Kier molecular flexibility index (Phi) is 3.40. The second-order valence-electron chi connectivity index (χ2n) is 3.12. The van der Waals surface area contributed by atoms with Gasteiger partial charge in [-0.1, -0.05) is 16.8 Å². The lowest BCUT2D eigenvalue weighted by Gasteiger charge is -2.05. The van der Waals surface area contributed by atoms with E-state index >= 15 is 0 Å². The Hall–Kier alpha value is -1.14. The molecule has 0 saturated carbocycles. The van der Waals surface area contributed by atoms with Crippen molar-refractivity contribution in [1.29, 1.82) is 0 Å². The fourth-order valence-electron chi connectivity index (χ4n) is 1.14. The Bertz CT molecular complexity index is 502. The third-order valence-electron chi connectivity index (χ3n) is 1.85. The normalized spacial score (nSPS) is 10.4. The van der Waals surface area contributed by atoms with E-state index in [1.807, 2.05) is 13.0 Å². The molecule has 0 saturated heterocycles. The van der Waals surface area contributed by atoms with E-state index in [9.17, 15) is 0 Å². The third kappa shape index (κ3) is 2.51. The summed E-state index contributed by atoms with van der Waals surface area (Å²) in [6.07, 6.45) is 1.39. The minimum atomic E-state index is 0.367. The number of rotatable bonds is 3. The largest absolute Gasteiger partial charge is 0.362 e. The molecule has 0 atom stereocenters. The smallest absolute Gasteiger partial charge is 0.156 e. The highest BCUT2D eigenvalue weighted by molar-refractivity contribution is 9.10. The van der Waals surface area contributed by atoms with Crippen LogP contribution in [0.3, 0.4) is 0 Å². The molecule has 84 valence electrons. The van der Waals surface area contributed by atoms with Crippen LogP contribution in [0.2, 0.25) is 5.15 Å². The molecule has 2 aromatic heterocycles. The molecular formula is C9H8BrClN4O. The van der Waals surface area contributed by atoms with Gasteiger partial charge in [0.05, 0.1) is 16.7 Å². The second kappa shape index (κ2) is 4.80. The van der Waals surface area contributed by atoms with Gasteiger partial charge in [0, 0.05) is 6.07 Å². The van der Waals surface area contributed by atoms with Gasteiger partial charge in [-0.2, -0.15) is 0 Å². The summed E-state index contributed by atoms with van der Waals surface area (Å²) in [5, 5.41) is 7.22. The van der Waals surface area contributed by atoms with Crippen molar-refractivity contribution in [3.05, 3.63) is 33.5 Å². The zero-order chi connectivity index (χ0) is 11.5. The molecule has 0 bridgehead atoms. The van der Waals surface area contributed by atoms with Gasteiger partial charge < -0.3 is 9.84 Å². The van der Waals surface area contributed by atoms with Gasteiger partial charge in [-0.15, -0.1) is 0 Å². The van der Waals surface area contributed by atoms with Crippen LogP contribution in [-0.2, 0) is 6.54 Å². The number of anilines is 1. The molecule has 0 aliphatic heterocycles. The predicted molar refractivity (Wildman–Crippen MR) is 63.3 cm³/mol. The molecule has 5 nitrogen and oxygen atoms in total. The van der Waals surface area contributed by atoms with Crippen LogP contribution in [0.25, 0.3) is 0 Å². The number of halogens is 2. The van der Waals surface area contributed by atoms with E-state index < -0.39 is 0 Å². The van der Waals surface area contributed by atoms with E-state index in [1.165, 1.54) is 6.33 Å². The number of hydrogen-bond acceptors (Lipinski definition) is 5. The van der Waals surface area contributed by atoms with Crippen molar-refractivity contribution in [2.45, 2.75) is 13.5 Å². The van der Waals surface area contributed by atoms with Gasteiger partial charge in [0.2, 0.25) is 0 Å². The standard InChI is InChI=1S/C9H8BrClN4O/c1-5-2-6(16-15-5)3-12-9-7(10)8(11)13-4-14-9/h2,4H,3H2,1H3,(H,12,13,14). The lowest BCUT2D eigenvalue weighted by atomic mass is 10.4. The van der Waals surface area contributed by atoms with E-state index in [2.05, 4.69) is 36.4 Å². The summed E-state index contributed by atoms with van der Waals surface area (Å²) in [5.74, 6) is 1.35. The summed E-state index contributed by atoms with van der Waals surface area (Å²) < 4.78 is 5.68. The van der Waals surface area contributed by atoms with Gasteiger partial charge in [0.1, 0.15) is 17.3 Å². The number of aromatic nitrogens is 3. The topological polar surface area (TPSA) is 63.8 Å². The van der Waals surface area contributed by atoms with Gasteiger partial charge >= 0.3 is 0 Å². The molecular weight excluding hydrogens is 295 g/mol. The Morgan fingerprint density at radius 2 is 2.31 bits per heavy atom. The molecule has 16 heavy (non-hydrogen) atoms. The minimum absolute atomic E-state index is 0.367. The van der Waals surface area contributed by atoms with Crippen molar-refractivity contribution in [2.75, 3.05) is 5.32 Å². The molecule has 7 heteroatoms. The van der Waals surface area contributed by atoms with Crippen LogP contribution in [0.15, 0.2) is 21.4 Å². The van der Waals surface area contributed by atoms with Crippen molar-refractivity contribution in [2.24, 2.45) is 0 Å². The summed E-state index contributed by atoms with van der Waals surface area (Å²) in [6, 6.07) is 1.85. The van der Waals surface area contributed by atoms with Crippen LogP contribution in [0, 0.1) is 6.92 Å². The fraction of sp³-hybridized carbons (Fsp3) is 0.222. The van der Waals surface area contributed by atoms with Crippen molar-refractivity contribution in [3.8, 4) is 0 Å². The molecule has 0 amide bonds. The Labute approximate surface area is 105 Å². The monoisotopic (exact) mass is 302 g/mol. The Morgan fingerprint density at radius 3 is 3.00 bits per heavy atom. The van der Waals surface area contributed by atoms with Crippen LogP contribution in [0.1, 0.15) is 11.5 Å². The number of aryl methyl sites for hydroxylation is 1. The third-order valence-corrected chi connectivity index (χ3v) is 3.12. The van der Waals surface area contributed by atoms with Crippen molar-refractivity contribution >= 4 is 33.3 Å². The van der Waals surface area contributed by atoms with Crippen molar-refractivity contribution in [1.82, 2.24) is 15.1 Å². The average Bonchev–Trinajstić information content (AvgIpc) is 2.67. The van der Waals surface area contributed by atoms with Gasteiger partial charge in [-0.05, 0) is 22.9 Å². The molecule has 2 heterocycles. The number of nitrogens with one attached hydrogen (secondary N) is 1. The second-order valence-corrected chi connectivity index (χ2v) is 4.27. The van der Waals surface area contributed by atoms with Gasteiger partial charge in [0.25, 0.3) is 0 Å². The number of nitrogens with zero attached hydrogens (tertiary/aromatic N) is 3. The first-order valence-electron chi connectivity index (χ1n) is 4.49. The van der Waals surface area contributed by atoms with Crippen LogP contribution in [-0.4, -0.2) is 15.1 Å². The van der Waals surface area contributed by atoms with Crippen LogP contribution in [0.5, 0.6) is 0 Å². The van der Waals surface area contributed by atoms with E-state index in [-0.39, 0.29) is 0 Å². The maximum atomic E-state index is 5.83. The molecule has 2 aromatic rings. The first-order valence-corrected chi connectivity index (χ1v) is 5.66. The minimum Gasteiger partial charge on any atom is -0.362 e. The van der Waals surface area contributed by atoms with Gasteiger partial charge in [-0.25, -0.2) is 9.97 Å². The van der Waals surface area contributed by atoms with Crippen LogP contribution in [0.4, 0.5) is 5.82 Å². The highest BCUT2D eigenvalue weighted by Gasteiger charge is 2.07. The molecule has 0 fully saturated rings. The fourth-order valence-corrected chi connectivity index (χ4v) is 1.62. The van der Waals surface area contributed by atoms with Crippen LogP contribution >= 0.6 is 27.5 Å². The number of hydrogen-bond donors (Lipinski definition) is 1. The van der Waals surface area contributed by atoms with Gasteiger partial charge in [-0.3, -0.25) is 0 Å². The Balaban J connectivity index is 2.07. The first kappa shape index (κ1) is 11.3. The highest BCUT2D eigenvalue weighted by atomic mass is 79.9. The lowest BCUT2D eigenvalue weighted by Crippen LogP contribution is -2.02. The predicted octanol–water partition coefficient (Wildman–Crippen LogP) is 2.80. The maximum Gasteiger partial charge on any atom is 0.156 e.